The largest absolute Gasteiger partial charge is 0.336 e. The van der Waals surface area contributed by atoms with E-state index in [1.54, 1.807) is 22.4 Å². The van der Waals surface area contributed by atoms with Crippen LogP contribution in [-0.2, 0) is 6.54 Å². The van der Waals surface area contributed by atoms with Gasteiger partial charge in [0.2, 0.25) is 0 Å². The van der Waals surface area contributed by atoms with Crippen molar-refractivity contribution in [1.82, 2.24) is 14.0 Å². The molecule has 0 aliphatic heterocycles. The molecular formula is C23H27N3O2S. The summed E-state index contributed by atoms with van der Waals surface area (Å²) in [4.78, 5) is 29.4. The molecule has 3 rings (SSSR count). The van der Waals surface area contributed by atoms with Crippen molar-refractivity contribution in [2.75, 3.05) is 26.9 Å². The summed E-state index contributed by atoms with van der Waals surface area (Å²) in [5.41, 5.74) is 2.78. The second-order valence-corrected chi connectivity index (χ2v) is 8.24. The number of thioether (sulfide) groups is 1. The Balaban J connectivity index is 2.17. The van der Waals surface area contributed by atoms with E-state index in [1.165, 1.54) is 4.57 Å². The number of rotatable bonds is 7. The Bertz CT molecular complexity index is 1080. The topological polar surface area (TPSA) is 47.2 Å². The summed E-state index contributed by atoms with van der Waals surface area (Å²) in [7, 11) is 3.96. The van der Waals surface area contributed by atoms with Crippen LogP contribution in [0.5, 0.6) is 0 Å². The SMILES string of the molecule is CSc1ccc(-n2c(-c3ccc(C)cc3)cc(=O)n(CCCN(C)C)c2=O)cc1. The molecule has 2 aromatic carbocycles. The van der Waals surface area contributed by atoms with Gasteiger partial charge in [-0.15, -0.1) is 11.8 Å². The molecule has 0 aliphatic rings. The van der Waals surface area contributed by atoms with E-state index >= 15 is 0 Å². The molecule has 0 spiro atoms. The van der Waals surface area contributed by atoms with E-state index in [0.29, 0.717) is 12.2 Å². The van der Waals surface area contributed by atoms with Crippen LogP contribution in [0.2, 0.25) is 0 Å². The lowest BCUT2D eigenvalue weighted by molar-refractivity contribution is 0.381. The quantitative estimate of drug-likeness (QED) is 0.559. The molecule has 0 fully saturated rings. The second kappa shape index (κ2) is 9.29. The summed E-state index contributed by atoms with van der Waals surface area (Å²) in [6, 6.07) is 17.3. The van der Waals surface area contributed by atoms with Crippen molar-refractivity contribution in [2.24, 2.45) is 0 Å². The Kier molecular flexibility index (Phi) is 6.77. The van der Waals surface area contributed by atoms with Crippen LogP contribution >= 0.6 is 11.8 Å². The van der Waals surface area contributed by atoms with Gasteiger partial charge in [0.15, 0.2) is 0 Å². The number of aryl methyl sites for hydroxylation is 1. The third kappa shape index (κ3) is 4.89. The standard InChI is InChI=1S/C23H27N3O2S/c1-17-6-8-18(9-7-17)21-16-22(27)25(15-5-14-24(2)3)23(28)26(21)19-10-12-20(29-4)13-11-19/h6-13,16H,5,14-15H2,1-4H3. The molecule has 0 amide bonds. The summed E-state index contributed by atoms with van der Waals surface area (Å²) < 4.78 is 2.98. The van der Waals surface area contributed by atoms with Crippen molar-refractivity contribution in [3.63, 3.8) is 0 Å². The first-order valence-corrected chi connectivity index (χ1v) is 10.9. The molecule has 3 aromatic rings. The van der Waals surface area contributed by atoms with Crippen LogP contribution in [0.15, 0.2) is 69.1 Å². The molecule has 6 heteroatoms. The highest BCUT2D eigenvalue weighted by Crippen LogP contribution is 2.22. The van der Waals surface area contributed by atoms with Crippen molar-refractivity contribution < 1.29 is 0 Å². The van der Waals surface area contributed by atoms with Gasteiger partial charge in [-0.1, -0.05) is 29.8 Å². The van der Waals surface area contributed by atoms with Crippen LogP contribution < -0.4 is 11.2 Å². The first-order chi connectivity index (χ1) is 13.9. The minimum absolute atomic E-state index is 0.263. The normalized spacial score (nSPS) is 11.2. The van der Waals surface area contributed by atoms with E-state index in [9.17, 15) is 9.59 Å². The fourth-order valence-corrected chi connectivity index (χ4v) is 3.65. The van der Waals surface area contributed by atoms with Gasteiger partial charge in [-0.2, -0.15) is 0 Å². The van der Waals surface area contributed by atoms with Crippen LogP contribution in [0.1, 0.15) is 12.0 Å². The van der Waals surface area contributed by atoms with Gasteiger partial charge in [0.25, 0.3) is 5.56 Å². The zero-order valence-corrected chi connectivity index (χ0v) is 18.2. The average Bonchev–Trinajstić information content (AvgIpc) is 2.70. The highest BCUT2D eigenvalue weighted by Gasteiger charge is 2.15. The van der Waals surface area contributed by atoms with E-state index in [0.717, 1.165) is 34.7 Å². The lowest BCUT2D eigenvalue weighted by Gasteiger charge is -2.17. The summed E-state index contributed by atoms with van der Waals surface area (Å²) in [5, 5.41) is 0. The molecule has 0 atom stereocenters. The third-order valence-electron chi connectivity index (χ3n) is 4.85. The van der Waals surface area contributed by atoms with Crippen molar-refractivity contribution in [3.05, 3.63) is 81.0 Å². The molecule has 29 heavy (non-hydrogen) atoms. The molecule has 0 aliphatic carbocycles. The lowest BCUT2D eigenvalue weighted by atomic mass is 10.1. The van der Waals surface area contributed by atoms with Crippen LogP contribution in [0, 0.1) is 6.92 Å². The number of benzene rings is 2. The molecular weight excluding hydrogens is 382 g/mol. The van der Waals surface area contributed by atoms with Crippen molar-refractivity contribution in [1.29, 1.82) is 0 Å². The molecule has 0 saturated heterocycles. The van der Waals surface area contributed by atoms with Gasteiger partial charge < -0.3 is 4.90 Å². The minimum Gasteiger partial charge on any atom is -0.309 e. The highest BCUT2D eigenvalue weighted by molar-refractivity contribution is 7.98. The van der Waals surface area contributed by atoms with Crippen LogP contribution in [0.25, 0.3) is 16.9 Å². The molecule has 1 aromatic heterocycles. The van der Waals surface area contributed by atoms with Gasteiger partial charge in [-0.25, -0.2) is 4.79 Å². The summed E-state index contributed by atoms with van der Waals surface area (Å²) >= 11 is 1.65. The minimum atomic E-state index is -0.302. The number of aromatic nitrogens is 2. The molecule has 152 valence electrons. The molecule has 0 radical (unpaired) electrons. The maximum Gasteiger partial charge on any atom is 0.336 e. The summed E-state index contributed by atoms with van der Waals surface area (Å²) in [6.07, 6.45) is 2.75. The summed E-state index contributed by atoms with van der Waals surface area (Å²) in [6.45, 7) is 3.22. The zero-order valence-electron chi connectivity index (χ0n) is 17.4. The molecule has 0 bridgehead atoms. The van der Waals surface area contributed by atoms with Gasteiger partial charge in [0.05, 0.1) is 11.4 Å². The van der Waals surface area contributed by atoms with E-state index in [-0.39, 0.29) is 11.2 Å². The molecule has 1 heterocycles. The molecule has 5 nitrogen and oxygen atoms in total. The average molecular weight is 410 g/mol. The second-order valence-electron chi connectivity index (χ2n) is 7.36. The van der Waals surface area contributed by atoms with Gasteiger partial charge in [0, 0.05) is 17.5 Å². The first kappa shape index (κ1) is 21.1. The van der Waals surface area contributed by atoms with Gasteiger partial charge in [-0.05, 0) is 70.1 Å². The van der Waals surface area contributed by atoms with Gasteiger partial charge in [0.1, 0.15) is 0 Å². The Morgan fingerprint density at radius 1 is 0.966 bits per heavy atom. The predicted molar refractivity (Wildman–Crippen MR) is 121 cm³/mol. The lowest BCUT2D eigenvalue weighted by Crippen LogP contribution is -2.40. The molecule has 0 saturated carbocycles. The van der Waals surface area contributed by atoms with E-state index < -0.39 is 0 Å². The maximum atomic E-state index is 13.4. The van der Waals surface area contributed by atoms with Crippen LogP contribution in [0.4, 0.5) is 0 Å². The summed E-state index contributed by atoms with van der Waals surface area (Å²) in [5.74, 6) is 0. The smallest absolute Gasteiger partial charge is 0.309 e. The maximum absolute atomic E-state index is 13.4. The predicted octanol–water partition coefficient (Wildman–Crippen LogP) is 3.65. The van der Waals surface area contributed by atoms with E-state index in [2.05, 4.69) is 0 Å². The van der Waals surface area contributed by atoms with E-state index in [1.807, 2.05) is 80.7 Å². The van der Waals surface area contributed by atoms with Crippen molar-refractivity contribution in [3.8, 4) is 16.9 Å². The van der Waals surface area contributed by atoms with Gasteiger partial charge in [-0.3, -0.25) is 13.9 Å². The molecule has 0 N–H and O–H groups in total. The fourth-order valence-electron chi connectivity index (χ4n) is 3.25. The third-order valence-corrected chi connectivity index (χ3v) is 5.60. The molecule has 0 unspecified atom stereocenters. The Morgan fingerprint density at radius 2 is 1.62 bits per heavy atom. The van der Waals surface area contributed by atoms with Gasteiger partial charge >= 0.3 is 5.69 Å². The first-order valence-electron chi connectivity index (χ1n) is 9.64. The zero-order chi connectivity index (χ0) is 21.0. The van der Waals surface area contributed by atoms with Crippen molar-refractivity contribution in [2.45, 2.75) is 24.8 Å². The Morgan fingerprint density at radius 3 is 2.21 bits per heavy atom. The highest BCUT2D eigenvalue weighted by atomic mass is 32.2. The fraction of sp³-hybridized carbons (Fsp3) is 0.304. The number of nitrogens with zero attached hydrogens (tertiary/aromatic N) is 3. The Hall–Kier alpha value is -2.57. The van der Waals surface area contributed by atoms with E-state index in [4.69, 9.17) is 0 Å². The Labute approximate surface area is 175 Å². The number of hydrogen-bond acceptors (Lipinski definition) is 4. The van der Waals surface area contributed by atoms with Crippen molar-refractivity contribution >= 4 is 11.8 Å². The van der Waals surface area contributed by atoms with Crippen LogP contribution in [0.3, 0.4) is 0 Å². The number of hydrogen-bond donors (Lipinski definition) is 0. The van der Waals surface area contributed by atoms with Crippen LogP contribution in [-0.4, -0.2) is 40.9 Å². The monoisotopic (exact) mass is 409 g/mol.